The fourth-order valence-electron chi connectivity index (χ4n) is 5.20. The van der Waals surface area contributed by atoms with Gasteiger partial charge in [-0.15, -0.1) is 0 Å². The van der Waals surface area contributed by atoms with Gasteiger partial charge >= 0.3 is 0 Å². The van der Waals surface area contributed by atoms with Crippen LogP contribution in [0.15, 0.2) is 30.6 Å². The molecule has 0 spiro atoms. The SMILES string of the molecule is CCN(CC)C(=O)Cc1ccc(OCC[C@@H]2C[C@@H]2C2CCN(c3ncc(C)cn3)CC2)cc1F. The number of hydrogen-bond donors (Lipinski definition) is 0. The van der Waals surface area contributed by atoms with Crippen LogP contribution in [0, 0.1) is 30.5 Å². The Morgan fingerprint density at radius 2 is 1.88 bits per heavy atom. The highest BCUT2D eigenvalue weighted by molar-refractivity contribution is 5.78. The third kappa shape index (κ3) is 6.05. The number of aromatic nitrogens is 2. The lowest BCUT2D eigenvalue weighted by Gasteiger charge is -2.32. The molecule has 1 amide bonds. The number of hydrogen-bond acceptors (Lipinski definition) is 5. The molecule has 1 aliphatic heterocycles. The summed E-state index contributed by atoms with van der Waals surface area (Å²) in [5.41, 5.74) is 1.51. The van der Waals surface area contributed by atoms with Crippen LogP contribution in [0.5, 0.6) is 5.75 Å². The van der Waals surface area contributed by atoms with Gasteiger partial charge in [0.25, 0.3) is 0 Å². The second-order valence-corrected chi connectivity index (χ2v) is 9.68. The first-order chi connectivity index (χ1) is 16.5. The molecule has 1 aromatic heterocycles. The monoisotopic (exact) mass is 468 g/mol. The van der Waals surface area contributed by atoms with Crippen molar-refractivity contribution in [1.29, 1.82) is 0 Å². The summed E-state index contributed by atoms with van der Waals surface area (Å²) >= 11 is 0. The quantitative estimate of drug-likeness (QED) is 0.508. The first-order valence-corrected chi connectivity index (χ1v) is 12.7. The van der Waals surface area contributed by atoms with Gasteiger partial charge in [0.05, 0.1) is 13.0 Å². The lowest BCUT2D eigenvalue weighted by Crippen LogP contribution is -2.35. The van der Waals surface area contributed by atoms with Gasteiger partial charge in [-0.3, -0.25) is 4.79 Å². The molecule has 1 saturated heterocycles. The third-order valence-corrected chi connectivity index (χ3v) is 7.41. The summed E-state index contributed by atoms with van der Waals surface area (Å²) in [6.07, 6.45) is 8.53. The van der Waals surface area contributed by atoms with Gasteiger partial charge in [0.1, 0.15) is 11.6 Å². The van der Waals surface area contributed by atoms with Crippen LogP contribution >= 0.6 is 0 Å². The summed E-state index contributed by atoms with van der Waals surface area (Å²) < 4.78 is 20.3. The number of carbonyl (C=O) groups is 1. The van der Waals surface area contributed by atoms with E-state index in [0.717, 1.165) is 42.9 Å². The largest absolute Gasteiger partial charge is 0.493 e. The Morgan fingerprint density at radius 1 is 1.18 bits per heavy atom. The van der Waals surface area contributed by atoms with E-state index in [0.29, 0.717) is 36.9 Å². The highest BCUT2D eigenvalue weighted by Gasteiger charge is 2.43. The van der Waals surface area contributed by atoms with E-state index in [4.69, 9.17) is 4.74 Å². The molecule has 1 aliphatic carbocycles. The highest BCUT2D eigenvalue weighted by Crippen LogP contribution is 2.49. The lowest BCUT2D eigenvalue weighted by molar-refractivity contribution is -0.130. The number of anilines is 1. The van der Waals surface area contributed by atoms with Crippen LogP contribution in [0.25, 0.3) is 0 Å². The molecule has 4 rings (SSSR count). The first-order valence-electron chi connectivity index (χ1n) is 12.7. The zero-order valence-corrected chi connectivity index (χ0v) is 20.7. The van der Waals surface area contributed by atoms with Crippen molar-refractivity contribution >= 4 is 11.9 Å². The van der Waals surface area contributed by atoms with E-state index < -0.39 is 0 Å². The molecule has 184 valence electrons. The Hall–Kier alpha value is -2.70. The number of benzene rings is 1. The molecule has 1 aromatic carbocycles. The van der Waals surface area contributed by atoms with Crippen LogP contribution in [0.4, 0.5) is 10.3 Å². The molecule has 2 heterocycles. The van der Waals surface area contributed by atoms with E-state index in [-0.39, 0.29) is 18.1 Å². The summed E-state index contributed by atoms with van der Waals surface area (Å²) in [4.78, 5) is 25.2. The van der Waals surface area contributed by atoms with Crippen molar-refractivity contribution in [2.24, 2.45) is 17.8 Å². The maximum atomic E-state index is 14.5. The van der Waals surface area contributed by atoms with Crippen molar-refractivity contribution in [2.45, 2.75) is 52.9 Å². The number of likely N-dealkylation sites (N-methyl/N-ethyl adjacent to an activating group) is 1. The van der Waals surface area contributed by atoms with E-state index in [9.17, 15) is 9.18 Å². The van der Waals surface area contributed by atoms with E-state index in [1.807, 2.05) is 33.2 Å². The van der Waals surface area contributed by atoms with Gasteiger partial charge < -0.3 is 14.5 Å². The molecule has 2 fully saturated rings. The maximum absolute atomic E-state index is 14.5. The molecule has 0 bridgehead atoms. The number of piperidine rings is 1. The second kappa shape index (κ2) is 11.2. The average molecular weight is 469 g/mol. The predicted molar refractivity (Wildman–Crippen MR) is 131 cm³/mol. The van der Waals surface area contributed by atoms with Crippen molar-refractivity contribution in [2.75, 3.05) is 37.7 Å². The van der Waals surface area contributed by atoms with Gasteiger partial charge in [-0.1, -0.05) is 6.07 Å². The molecule has 0 unspecified atom stereocenters. The van der Waals surface area contributed by atoms with Gasteiger partial charge in [0, 0.05) is 44.6 Å². The van der Waals surface area contributed by atoms with Gasteiger partial charge in [0.2, 0.25) is 11.9 Å². The Labute approximate surface area is 202 Å². The summed E-state index contributed by atoms with van der Waals surface area (Å²) in [5.74, 6) is 3.24. The summed E-state index contributed by atoms with van der Waals surface area (Å²) in [6.45, 7) is 9.81. The Balaban J connectivity index is 1.17. The average Bonchev–Trinajstić information content (AvgIpc) is 3.62. The van der Waals surface area contributed by atoms with E-state index in [2.05, 4.69) is 14.9 Å². The maximum Gasteiger partial charge on any atom is 0.227 e. The molecular weight excluding hydrogens is 431 g/mol. The van der Waals surface area contributed by atoms with Crippen LogP contribution in [-0.2, 0) is 11.2 Å². The lowest BCUT2D eigenvalue weighted by atomic mass is 9.90. The minimum absolute atomic E-state index is 0.0467. The van der Waals surface area contributed by atoms with Crippen molar-refractivity contribution < 1.29 is 13.9 Å². The van der Waals surface area contributed by atoms with Crippen molar-refractivity contribution in [3.63, 3.8) is 0 Å². The molecule has 2 atom stereocenters. The van der Waals surface area contributed by atoms with Crippen molar-refractivity contribution in [3.05, 3.63) is 47.5 Å². The van der Waals surface area contributed by atoms with Crippen LogP contribution < -0.4 is 9.64 Å². The topological polar surface area (TPSA) is 58.6 Å². The molecule has 6 nitrogen and oxygen atoms in total. The molecular formula is C27H37FN4O2. The molecule has 2 aliphatic rings. The Morgan fingerprint density at radius 3 is 2.53 bits per heavy atom. The summed E-state index contributed by atoms with van der Waals surface area (Å²) in [7, 11) is 0. The fourth-order valence-corrected chi connectivity index (χ4v) is 5.20. The fraction of sp³-hybridized carbons (Fsp3) is 0.593. The van der Waals surface area contributed by atoms with Crippen LogP contribution in [0.1, 0.15) is 50.7 Å². The molecule has 0 radical (unpaired) electrons. The van der Waals surface area contributed by atoms with Crippen molar-refractivity contribution in [3.8, 4) is 5.75 Å². The number of nitrogens with zero attached hydrogens (tertiary/aromatic N) is 4. The number of halogens is 1. The number of amides is 1. The van der Waals surface area contributed by atoms with Crippen LogP contribution in [0.3, 0.4) is 0 Å². The summed E-state index contributed by atoms with van der Waals surface area (Å²) in [5, 5.41) is 0. The zero-order valence-electron chi connectivity index (χ0n) is 20.7. The Kier molecular flexibility index (Phi) is 8.01. The third-order valence-electron chi connectivity index (χ3n) is 7.41. The number of carbonyl (C=O) groups excluding carboxylic acids is 1. The van der Waals surface area contributed by atoms with Gasteiger partial charge in [-0.2, -0.15) is 0 Å². The molecule has 0 N–H and O–H groups in total. The highest BCUT2D eigenvalue weighted by atomic mass is 19.1. The minimum Gasteiger partial charge on any atom is -0.493 e. The van der Waals surface area contributed by atoms with Crippen LogP contribution in [0.2, 0.25) is 0 Å². The predicted octanol–water partition coefficient (Wildman–Crippen LogP) is 4.66. The van der Waals surface area contributed by atoms with Crippen LogP contribution in [-0.4, -0.2) is 53.6 Å². The standard InChI is InChI=1S/C27H37FN4O2/c1-4-31(5-2)26(33)15-22-6-7-23(16-25(22)28)34-13-10-21-14-24(21)20-8-11-32(12-9-20)27-29-17-19(3)18-30-27/h6-7,16-18,20-21,24H,4-5,8-15H2,1-3H3/t21-,24-/m1/s1. The Bertz CT molecular complexity index is 956. The van der Waals surface area contributed by atoms with Gasteiger partial charge in [0.15, 0.2) is 0 Å². The molecule has 34 heavy (non-hydrogen) atoms. The second-order valence-electron chi connectivity index (χ2n) is 9.68. The zero-order chi connectivity index (χ0) is 24.1. The minimum atomic E-state index is -0.369. The molecule has 7 heteroatoms. The summed E-state index contributed by atoms with van der Waals surface area (Å²) in [6, 6.07) is 4.87. The molecule has 1 saturated carbocycles. The number of rotatable bonds is 10. The van der Waals surface area contributed by atoms with E-state index >= 15 is 0 Å². The smallest absolute Gasteiger partial charge is 0.227 e. The van der Waals surface area contributed by atoms with E-state index in [1.54, 1.807) is 17.0 Å². The first kappa shape index (κ1) is 24.4. The van der Waals surface area contributed by atoms with E-state index in [1.165, 1.54) is 25.3 Å². The van der Waals surface area contributed by atoms with Gasteiger partial charge in [-0.05, 0) is 81.4 Å². The normalized spacial score (nSPS) is 20.3. The van der Waals surface area contributed by atoms with Gasteiger partial charge in [-0.25, -0.2) is 14.4 Å². The van der Waals surface area contributed by atoms with Crippen molar-refractivity contribution in [1.82, 2.24) is 14.9 Å². The molecule has 2 aromatic rings. The number of aryl methyl sites for hydroxylation is 1. The number of ether oxygens (including phenoxy) is 1.